The number of fused-ring (bicyclic) bond motifs is 1. The number of ether oxygens (including phenoxy) is 6. The Morgan fingerprint density at radius 1 is 0.642 bits per heavy atom. The largest absolute Gasteiger partial charge is 0.508 e. The standard InChI is InChI=1S/C33H40O20/c1-9-19(38)23(42)25(44)32(49-9)52-29-20(39)10(2)48-31(27(29)46)47-8-17-21(40)24(43)26(45)33(51-17)53-30-22(41)18-15(37)6-12(34)7-16(18)50-28(30)11-3-4-13(35)14(36)5-11/h3-7,9-10,17,19-21,23-27,29,31-40,42-46H,8H2,1-2H3/t9-,10-,17+,19-,20-,21-,23+,24-,25+,26+,27+,29+,31+,32-,33-/m1/s1. The highest BCUT2D eigenvalue weighted by atomic mass is 16.7. The first-order valence-electron chi connectivity index (χ1n) is 16.4. The van der Waals surface area contributed by atoms with Crippen LogP contribution >= 0.6 is 0 Å². The smallest absolute Gasteiger partial charge is 0.239 e. The maximum Gasteiger partial charge on any atom is 0.239 e. The predicted octanol–water partition coefficient (Wildman–Crippen LogP) is -2.84. The number of aliphatic hydroxyl groups is 8. The molecule has 0 bridgehead atoms. The van der Waals surface area contributed by atoms with Crippen LogP contribution in [0.1, 0.15) is 13.8 Å². The van der Waals surface area contributed by atoms with E-state index < -0.39 is 144 Å². The Morgan fingerprint density at radius 3 is 1.98 bits per heavy atom. The molecule has 53 heavy (non-hydrogen) atoms. The summed E-state index contributed by atoms with van der Waals surface area (Å²) in [4.78, 5) is 13.7. The summed E-state index contributed by atoms with van der Waals surface area (Å²) in [6, 6.07) is 5.15. The van der Waals surface area contributed by atoms with Crippen LogP contribution in [0, 0.1) is 0 Å². The quantitative estimate of drug-likeness (QED) is 0.103. The molecule has 3 aliphatic rings. The van der Waals surface area contributed by atoms with Gasteiger partial charge in [-0.1, -0.05) is 0 Å². The van der Waals surface area contributed by atoms with Crippen LogP contribution in [0.5, 0.6) is 28.7 Å². The third kappa shape index (κ3) is 7.34. The average molecular weight is 757 g/mol. The summed E-state index contributed by atoms with van der Waals surface area (Å²) < 4.78 is 39.5. The van der Waals surface area contributed by atoms with Gasteiger partial charge >= 0.3 is 0 Å². The molecule has 0 saturated carbocycles. The fourth-order valence-corrected chi connectivity index (χ4v) is 6.26. The monoisotopic (exact) mass is 756 g/mol. The highest BCUT2D eigenvalue weighted by Gasteiger charge is 2.51. The second kappa shape index (κ2) is 15.1. The molecule has 12 N–H and O–H groups in total. The van der Waals surface area contributed by atoms with Crippen LogP contribution in [-0.4, -0.2) is 160 Å². The SMILES string of the molecule is C[C@H]1O[C@H](O[C@@H]2[C@H](O)[C@@H](OC[C@@H]3O[C@H](Oc4c(-c5ccc(O)c(O)c5)oc5cc(O)cc(O)c5c4=O)[C@@H](O)[C@H](O)[C@@H]3O)O[C@H](C)[C@H]2O)[C@@H](O)[C@@H](O)[C@@H]1O. The normalized spacial score (nSPS) is 37.8. The molecule has 20 heteroatoms. The van der Waals surface area contributed by atoms with E-state index in [1.165, 1.54) is 19.9 Å². The zero-order valence-corrected chi connectivity index (χ0v) is 27.9. The van der Waals surface area contributed by atoms with Gasteiger partial charge in [-0.3, -0.25) is 4.79 Å². The first-order valence-corrected chi connectivity index (χ1v) is 16.4. The van der Waals surface area contributed by atoms with Crippen LogP contribution < -0.4 is 10.2 Å². The summed E-state index contributed by atoms with van der Waals surface area (Å²) in [5.74, 6) is -3.51. The van der Waals surface area contributed by atoms with Crippen molar-refractivity contribution >= 4 is 11.0 Å². The highest BCUT2D eigenvalue weighted by molar-refractivity contribution is 5.88. The van der Waals surface area contributed by atoms with Gasteiger partial charge in [0.1, 0.15) is 83.5 Å². The van der Waals surface area contributed by atoms with Gasteiger partial charge in [-0.2, -0.15) is 0 Å². The molecule has 0 spiro atoms. The van der Waals surface area contributed by atoms with Crippen molar-refractivity contribution in [2.45, 2.75) is 106 Å². The lowest BCUT2D eigenvalue weighted by atomic mass is 9.97. The number of rotatable bonds is 8. The van der Waals surface area contributed by atoms with Gasteiger partial charge in [-0.25, -0.2) is 0 Å². The van der Waals surface area contributed by atoms with Crippen molar-refractivity contribution < 1.29 is 94.1 Å². The predicted molar refractivity (Wildman–Crippen MR) is 171 cm³/mol. The maximum absolute atomic E-state index is 13.7. The topological polar surface area (TPSA) is 328 Å². The summed E-state index contributed by atoms with van der Waals surface area (Å²) in [7, 11) is 0. The lowest BCUT2D eigenvalue weighted by Gasteiger charge is -2.46. The number of hydrogen-bond donors (Lipinski definition) is 12. The maximum atomic E-state index is 13.7. The van der Waals surface area contributed by atoms with Crippen molar-refractivity contribution in [2.75, 3.05) is 6.61 Å². The molecule has 0 amide bonds. The molecular formula is C33H40O20. The number of benzene rings is 2. The minimum absolute atomic E-state index is 0.0642. The van der Waals surface area contributed by atoms with Gasteiger partial charge in [-0.05, 0) is 32.0 Å². The molecule has 1 aromatic heterocycles. The van der Waals surface area contributed by atoms with E-state index in [1.54, 1.807) is 0 Å². The van der Waals surface area contributed by atoms with Crippen LogP contribution in [0.15, 0.2) is 39.5 Å². The number of phenolic OH excluding ortho intramolecular Hbond substituents is 4. The molecule has 4 heterocycles. The third-order valence-electron chi connectivity index (χ3n) is 9.36. The summed E-state index contributed by atoms with van der Waals surface area (Å²) in [5, 5.41) is 125. The van der Waals surface area contributed by atoms with Gasteiger partial charge in [0, 0.05) is 17.7 Å². The van der Waals surface area contributed by atoms with Crippen LogP contribution in [0.4, 0.5) is 0 Å². The molecule has 0 unspecified atom stereocenters. The van der Waals surface area contributed by atoms with Crippen molar-refractivity contribution in [1.29, 1.82) is 0 Å². The molecule has 2 aromatic carbocycles. The Bertz CT molecular complexity index is 1830. The van der Waals surface area contributed by atoms with Crippen LogP contribution in [0.25, 0.3) is 22.3 Å². The molecule has 3 aliphatic heterocycles. The molecule has 20 nitrogen and oxygen atoms in total. The lowest BCUT2D eigenvalue weighted by molar-refractivity contribution is -0.358. The van der Waals surface area contributed by atoms with Gasteiger partial charge in [0.05, 0.1) is 18.8 Å². The Kier molecular flexibility index (Phi) is 11.1. The number of aliphatic hydroxyl groups excluding tert-OH is 8. The lowest BCUT2D eigenvalue weighted by Crippen LogP contribution is -2.64. The van der Waals surface area contributed by atoms with E-state index in [1.807, 2.05) is 0 Å². The van der Waals surface area contributed by atoms with E-state index >= 15 is 0 Å². The Hall–Kier alpha value is -3.87. The number of phenols is 4. The van der Waals surface area contributed by atoms with Crippen LogP contribution in [0.3, 0.4) is 0 Å². The van der Waals surface area contributed by atoms with E-state index in [-0.39, 0.29) is 11.1 Å². The zero-order chi connectivity index (χ0) is 38.6. The summed E-state index contributed by atoms with van der Waals surface area (Å²) in [6.45, 7) is 2.11. The molecule has 15 atom stereocenters. The van der Waals surface area contributed by atoms with E-state index in [2.05, 4.69) is 0 Å². The van der Waals surface area contributed by atoms with Crippen molar-refractivity contribution in [1.82, 2.24) is 0 Å². The molecule has 3 aromatic rings. The van der Waals surface area contributed by atoms with E-state index in [0.29, 0.717) is 0 Å². The van der Waals surface area contributed by atoms with Gasteiger partial charge < -0.3 is 94.1 Å². The van der Waals surface area contributed by atoms with Gasteiger partial charge in [-0.15, -0.1) is 0 Å². The van der Waals surface area contributed by atoms with E-state index in [4.69, 9.17) is 32.8 Å². The fraction of sp³-hybridized carbons (Fsp3) is 0.545. The van der Waals surface area contributed by atoms with Gasteiger partial charge in [0.2, 0.25) is 17.5 Å². The second-order valence-electron chi connectivity index (χ2n) is 13.1. The molecule has 3 saturated heterocycles. The fourth-order valence-electron chi connectivity index (χ4n) is 6.26. The van der Waals surface area contributed by atoms with Crippen LogP contribution in [0.2, 0.25) is 0 Å². The van der Waals surface area contributed by atoms with Gasteiger partial charge in [0.15, 0.2) is 29.8 Å². The van der Waals surface area contributed by atoms with E-state index in [0.717, 1.165) is 24.3 Å². The second-order valence-corrected chi connectivity index (χ2v) is 13.1. The Balaban J connectivity index is 1.23. The average Bonchev–Trinajstić information content (AvgIpc) is 3.11. The Labute approximate surface area is 298 Å². The van der Waals surface area contributed by atoms with Crippen molar-refractivity contribution in [3.8, 4) is 40.1 Å². The molecule has 292 valence electrons. The molecule has 3 fully saturated rings. The zero-order valence-electron chi connectivity index (χ0n) is 27.9. The summed E-state index contributed by atoms with van der Waals surface area (Å²) >= 11 is 0. The third-order valence-corrected chi connectivity index (χ3v) is 9.36. The molecule has 6 rings (SSSR count). The van der Waals surface area contributed by atoms with Crippen molar-refractivity contribution in [3.63, 3.8) is 0 Å². The van der Waals surface area contributed by atoms with E-state index in [9.17, 15) is 66.1 Å². The van der Waals surface area contributed by atoms with Gasteiger partial charge in [0.25, 0.3) is 0 Å². The number of aromatic hydroxyl groups is 4. The first kappa shape index (κ1) is 38.8. The van der Waals surface area contributed by atoms with Crippen molar-refractivity contribution in [3.05, 3.63) is 40.6 Å². The molecule has 0 radical (unpaired) electrons. The molecule has 0 aliphatic carbocycles. The summed E-state index contributed by atoms with van der Waals surface area (Å²) in [5.41, 5.74) is -1.45. The summed E-state index contributed by atoms with van der Waals surface area (Å²) in [6.07, 6.45) is -24.5. The minimum Gasteiger partial charge on any atom is -0.508 e. The van der Waals surface area contributed by atoms with Crippen molar-refractivity contribution in [2.24, 2.45) is 0 Å². The first-order chi connectivity index (χ1) is 25.0. The molecular weight excluding hydrogens is 716 g/mol. The Morgan fingerprint density at radius 2 is 1.28 bits per heavy atom. The minimum atomic E-state index is -2.03. The number of hydrogen-bond acceptors (Lipinski definition) is 20. The van der Waals surface area contributed by atoms with Crippen LogP contribution in [-0.2, 0) is 23.7 Å². The highest BCUT2D eigenvalue weighted by Crippen LogP contribution is 2.40.